The quantitative estimate of drug-likeness (QED) is 0.732. The standard InChI is InChI=1S/C9H9N3O2/c1-14-6-4-2-3-5-7(6)11-12-8(5)9(10)13/h2-4H,1H3,(H2,10,13)(H,11,12). The molecule has 0 spiro atoms. The van der Waals surface area contributed by atoms with Crippen LogP contribution in [0.4, 0.5) is 0 Å². The van der Waals surface area contributed by atoms with Gasteiger partial charge in [0.2, 0.25) is 0 Å². The zero-order chi connectivity index (χ0) is 10.1. The third kappa shape index (κ3) is 1.10. The van der Waals surface area contributed by atoms with E-state index in [2.05, 4.69) is 10.2 Å². The largest absolute Gasteiger partial charge is 0.494 e. The van der Waals surface area contributed by atoms with Crippen molar-refractivity contribution in [1.82, 2.24) is 10.2 Å². The highest BCUT2D eigenvalue weighted by Crippen LogP contribution is 2.24. The van der Waals surface area contributed by atoms with Crippen LogP contribution in [0.3, 0.4) is 0 Å². The molecule has 0 unspecified atom stereocenters. The Balaban J connectivity index is 2.75. The summed E-state index contributed by atoms with van der Waals surface area (Å²) in [6, 6.07) is 5.33. The molecule has 0 fully saturated rings. The zero-order valence-electron chi connectivity index (χ0n) is 7.57. The summed E-state index contributed by atoms with van der Waals surface area (Å²) in [6.45, 7) is 0. The van der Waals surface area contributed by atoms with Crippen molar-refractivity contribution < 1.29 is 9.53 Å². The predicted molar refractivity (Wildman–Crippen MR) is 51.2 cm³/mol. The van der Waals surface area contributed by atoms with E-state index in [-0.39, 0.29) is 5.69 Å². The van der Waals surface area contributed by atoms with Gasteiger partial charge in [0.15, 0.2) is 5.69 Å². The number of para-hydroxylation sites is 1. The Morgan fingerprint density at radius 2 is 2.36 bits per heavy atom. The second kappa shape index (κ2) is 3.02. The molecule has 3 N–H and O–H groups in total. The minimum absolute atomic E-state index is 0.235. The highest BCUT2D eigenvalue weighted by atomic mass is 16.5. The molecule has 0 bridgehead atoms. The average Bonchev–Trinajstić information content (AvgIpc) is 2.60. The van der Waals surface area contributed by atoms with Crippen LogP contribution in [0.15, 0.2) is 18.2 Å². The van der Waals surface area contributed by atoms with E-state index in [1.54, 1.807) is 25.3 Å². The Kier molecular flexibility index (Phi) is 1.85. The third-order valence-electron chi connectivity index (χ3n) is 2.01. The second-order valence-electron chi connectivity index (χ2n) is 2.82. The maximum absolute atomic E-state index is 11.0. The second-order valence-corrected chi connectivity index (χ2v) is 2.82. The van der Waals surface area contributed by atoms with Gasteiger partial charge in [-0.2, -0.15) is 5.10 Å². The maximum atomic E-state index is 11.0. The summed E-state index contributed by atoms with van der Waals surface area (Å²) in [5.74, 6) is 0.0898. The number of ether oxygens (including phenoxy) is 1. The van der Waals surface area contributed by atoms with Crippen molar-refractivity contribution in [3.05, 3.63) is 23.9 Å². The summed E-state index contributed by atoms with van der Waals surface area (Å²) in [5.41, 5.74) is 6.07. The zero-order valence-corrected chi connectivity index (χ0v) is 7.57. The van der Waals surface area contributed by atoms with E-state index in [1.165, 1.54) is 0 Å². The molecule has 1 aromatic heterocycles. The number of H-pyrrole nitrogens is 1. The summed E-state index contributed by atoms with van der Waals surface area (Å²) in [6.07, 6.45) is 0. The fourth-order valence-electron chi connectivity index (χ4n) is 1.37. The highest BCUT2D eigenvalue weighted by Gasteiger charge is 2.12. The maximum Gasteiger partial charge on any atom is 0.269 e. The Morgan fingerprint density at radius 1 is 1.57 bits per heavy atom. The average molecular weight is 191 g/mol. The molecular formula is C9H9N3O2. The van der Waals surface area contributed by atoms with Crippen LogP contribution in [0.2, 0.25) is 0 Å². The van der Waals surface area contributed by atoms with E-state index in [9.17, 15) is 4.79 Å². The molecule has 0 saturated carbocycles. The van der Waals surface area contributed by atoms with E-state index in [4.69, 9.17) is 10.5 Å². The number of nitrogens with zero attached hydrogens (tertiary/aromatic N) is 1. The first-order valence-corrected chi connectivity index (χ1v) is 4.05. The van der Waals surface area contributed by atoms with Crippen molar-refractivity contribution in [2.24, 2.45) is 5.73 Å². The van der Waals surface area contributed by atoms with E-state index in [0.717, 1.165) is 0 Å². The van der Waals surface area contributed by atoms with Gasteiger partial charge in [0.05, 0.1) is 7.11 Å². The molecule has 0 saturated heterocycles. The van der Waals surface area contributed by atoms with Gasteiger partial charge >= 0.3 is 0 Å². The monoisotopic (exact) mass is 191 g/mol. The van der Waals surface area contributed by atoms with Gasteiger partial charge in [-0.25, -0.2) is 0 Å². The summed E-state index contributed by atoms with van der Waals surface area (Å²) in [5, 5.41) is 7.21. The van der Waals surface area contributed by atoms with Crippen molar-refractivity contribution >= 4 is 16.8 Å². The lowest BCUT2D eigenvalue weighted by Crippen LogP contribution is -2.11. The number of nitrogens with one attached hydrogen (secondary N) is 1. The normalized spacial score (nSPS) is 10.4. The minimum Gasteiger partial charge on any atom is -0.494 e. The van der Waals surface area contributed by atoms with Crippen LogP contribution < -0.4 is 10.5 Å². The number of hydrogen-bond acceptors (Lipinski definition) is 3. The van der Waals surface area contributed by atoms with Gasteiger partial charge in [0.1, 0.15) is 11.3 Å². The third-order valence-corrected chi connectivity index (χ3v) is 2.01. The fourth-order valence-corrected chi connectivity index (χ4v) is 1.37. The number of primary amides is 1. The van der Waals surface area contributed by atoms with Crippen LogP contribution in [-0.4, -0.2) is 23.2 Å². The van der Waals surface area contributed by atoms with Crippen molar-refractivity contribution in [2.75, 3.05) is 7.11 Å². The molecule has 1 aromatic carbocycles. The van der Waals surface area contributed by atoms with Crippen molar-refractivity contribution in [2.45, 2.75) is 0 Å². The van der Waals surface area contributed by atoms with Crippen LogP contribution in [0.25, 0.3) is 10.9 Å². The Bertz CT molecular complexity index is 490. The van der Waals surface area contributed by atoms with Gasteiger partial charge < -0.3 is 10.5 Å². The summed E-state index contributed by atoms with van der Waals surface area (Å²) in [4.78, 5) is 11.0. The van der Waals surface area contributed by atoms with Gasteiger partial charge in [-0.1, -0.05) is 12.1 Å². The molecule has 1 amide bonds. The molecule has 0 atom stereocenters. The lowest BCUT2D eigenvalue weighted by Gasteiger charge is -1.99. The first kappa shape index (κ1) is 8.55. The molecule has 5 nitrogen and oxygen atoms in total. The predicted octanol–water partition coefficient (Wildman–Crippen LogP) is 0.670. The Hall–Kier alpha value is -2.04. The van der Waals surface area contributed by atoms with Crippen molar-refractivity contribution in [1.29, 1.82) is 0 Å². The van der Waals surface area contributed by atoms with Crippen LogP contribution in [0, 0.1) is 0 Å². The van der Waals surface area contributed by atoms with Crippen molar-refractivity contribution in [3.63, 3.8) is 0 Å². The lowest BCUT2D eigenvalue weighted by molar-refractivity contribution is 0.0997. The molecular weight excluding hydrogens is 182 g/mol. The number of rotatable bonds is 2. The SMILES string of the molecule is COc1cccc2c(C(N)=O)n[nH]c12. The molecule has 1 heterocycles. The minimum atomic E-state index is -0.551. The van der Waals surface area contributed by atoms with E-state index in [0.29, 0.717) is 16.7 Å². The molecule has 72 valence electrons. The first-order valence-electron chi connectivity index (χ1n) is 4.05. The van der Waals surface area contributed by atoms with Gasteiger partial charge in [-0.3, -0.25) is 9.89 Å². The first-order chi connectivity index (χ1) is 6.74. The Morgan fingerprint density at radius 3 is 3.00 bits per heavy atom. The van der Waals surface area contributed by atoms with Crippen LogP contribution >= 0.6 is 0 Å². The number of aromatic amines is 1. The van der Waals surface area contributed by atoms with Gasteiger partial charge in [0.25, 0.3) is 5.91 Å². The number of benzene rings is 1. The number of carbonyl (C=O) groups is 1. The van der Waals surface area contributed by atoms with Gasteiger partial charge in [-0.15, -0.1) is 0 Å². The summed E-state index contributed by atoms with van der Waals surface area (Å²) < 4.78 is 5.10. The molecule has 2 aromatic rings. The van der Waals surface area contributed by atoms with Crippen LogP contribution in [0.5, 0.6) is 5.75 Å². The topological polar surface area (TPSA) is 81.0 Å². The molecule has 0 radical (unpaired) electrons. The van der Waals surface area contributed by atoms with Crippen molar-refractivity contribution in [3.8, 4) is 5.75 Å². The van der Waals surface area contributed by atoms with Gasteiger partial charge in [-0.05, 0) is 6.07 Å². The number of carbonyl (C=O) groups excluding carboxylic acids is 1. The molecule has 0 aliphatic rings. The number of fused-ring (bicyclic) bond motifs is 1. The molecule has 2 rings (SSSR count). The van der Waals surface area contributed by atoms with Crippen LogP contribution in [-0.2, 0) is 0 Å². The van der Waals surface area contributed by atoms with Crippen LogP contribution in [0.1, 0.15) is 10.5 Å². The van der Waals surface area contributed by atoms with E-state index < -0.39 is 5.91 Å². The van der Waals surface area contributed by atoms with E-state index >= 15 is 0 Å². The lowest BCUT2D eigenvalue weighted by atomic mass is 10.2. The number of amides is 1. The molecule has 0 aliphatic heterocycles. The van der Waals surface area contributed by atoms with E-state index in [1.807, 2.05) is 0 Å². The number of methoxy groups -OCH3 is 1. The molecule has 0 aliphatic carbocycles. The summed E-state index contributed by atoms with van der Waals surface area (Å²) >= 11 is 0. The van der Waals surface area contributed by atoms with Gasteiger partial charge in [0, 0.05) is 5.39 Å². The number of aromatic nitrogens is 2. The molecule has 14 heavy (non-hydrogen) atoms. The molecule has 5 heteroatoms. The number of nitrogens with two attached hydrogens (primary N) is 1. The Labute approximate surface area is 79.9 Å². The highest BCUT2D eigenvalue weighted by molar-refractivity contribution is 6.05. The fraction of sp³-hybridized carbons (Fsp3) is 0.111. The summed E-state index contributed by atoms with van der Waals surface area (Å²) in [7, 11) is 1.56. The number of hydrogen-bond donors (Lipinski definition) is 2. The smallest absolute Gasteiger partial charge is 0.269 e.